The van der Waals surface area contributed by atoms with Gasteiger partial charge in [-0.15, -0.1) is 5.06 Å². The third-order valence-corrected chi connectivity index (χ3v) is 7.15. The summed E-state index contributed by atoms with van der Waals surface area (Å²) in [5, 5.41) is 13.4. The number of amides is 2. The van der Waals surface area contributed by atoms with Crippen LogP contribution in [0, 0.1) is 5.92 Å². The van der Waals surface area contributed by atoms with Gasteiger partial charge in [0.05, 0.1) is 25.4 Å². The summed E-state index contributed by atoms with van der Waals surface area (Å²) < 4.78 is 10.1. The molecule has 2 heterocycles. The molecule has 220 valence electrons. The Kier molecular flexibility index (Phi) is 10.3. The van der Waals surface area contributed by atoms with Crippen LogP contribution in [0.15, 0.2) is 42.5 Å². The van der Waals surface area contributed by atoms with Gasteiger partial charge in [-0.1, -0.05) is 30.3 Å². The first-order valence-corrected chi connectivity index (χ1v) is 13.8. The second-order valence-electron chi connectivity index (χ2n) is 10.1. The number of benzene rings is 1. The number of aromatic nitrogens is 1. The van der Waals surface area contributed by atoms with Crippen molar-refractivity contribution in [1.82, 2.24) is 20.3 Å². The van der Waals surface area contributed by atoms with Crippen molar-refractivity contribution in [2.75, 3.05) is 46.5 Å². The van der Waals surface area contributed by atoms with Gasteiger partial charge in [0.1, 0.15) is 11.7 Å². The smallest absolute Gasteiger partial charge is 0.481 e. The lowest BCUT2D eigenvalue weighted by Gasteiger charge is -2.35. The Morgan fingerprint density at radius 3 is 2.49 bits per heavy atom. The molecule has 12 nitrogen and oxygen atoms in total. The molecule has 1 aromatic carbocycles. The molecule has 2 amide bonds. The summed E-state index contributed by atoms with van der Waals surface area (Å²) in [6.07, 6.45) is -0.253. The zero-order valence-corrected chi connectivity index (χ0v) is 23.3. The van der Waals surface area contributed by atoms with Crippen LogP contribution in [0.1, 0.15) is 48.2 Å². The molecule has 2 N–H and O–H groups in total. The van der Waals surface area contributed by atoms with Crippen LogP contribution < -0.4 is 5.32 Å². The predicted molar refractivity (Wildman–Crippen MR) is 147 cm³/mol. The zero-order chi connectivity index (χ0) is 29.4. The largest absolute Gasteiger partial charge is 0.527 e. The number of carbonyl (C=O) groups is 4. The highest BCUT2D eigenvalue weighted by atomic mass is 16.8. The van der Waals surface area contributed by atoms with E-state index in [-0.39, 0.29) is 57.2 Å². The number of carboxylic acids is 1. The molecule has 1 aliphatic heterocycles. The Morgan fingerprint density at radius 1 is 1.10 bits per heavy atom. The normalized spacial score (nSPS) is 19.2. The first-order valence-electron chi connectivity index (χ1n) is 13.8. The number of nitrogens with one attached hydrogen (secondary N) is 1. The summed E-state index contributed by atoms with van der Waals surface area (Å²) in [6.45, 7) is 3.43. The maximum atomic E-state index is 13.5. The van der Waals surface area contributed by atoms with E-state index in [4.69, 9.17) is 14.3 Å². The number of methoxy groups -OCH3 is 1. The van der Waals surface area contributed by atoms with Crippen LogP contribution in [-0.2, 0) is 23.9 Å². The van der Waals surface area contributed by atoms with Crippen molar-refractivity contribution < 1.29 is 38.6 Å². The predicted octanol–water partition coefficient (Wildman–Crippen LogP) is 2.69. The number of rotatable bonds is 12. The minimum absolute atomic E-state index is 0.0801. The Bertz CT molecular complexity index is 1230. The molecule has 41 heavy (non-hydrogen) atoms. The van der Waals surface area contributed by atoms with E-state index in [0.29, 0.717) is 18.2 Å². The maximum Gasteiger partial charge on any atom is 0.527 e. The number of hydroxylamine groups is 2. The fourth-order valence-corrected chi connectivity index (χ4v) is 4.92. The number of ether oxygens (including phenoxy) is 2. The van der Waals surface area contributed by atoms with Crippen LogP contribution >= 0.6 is 0 Å². The summed E-state index contributed by atoms with van der Waals surface area (Å²) in [5.74, 6) is -1.44. The first kappa shape index (κ1) is 29.9. The molecule has 1 saturated heterocycles. The zero-order valence-electron chi connectivity index (χ0n) is 23.3. The number of nitrogens with zero attached hydrogens (tertiary/aromatic N) is 3. The standard InChI is InChI=1S/C29H36N4O8/c1-3-40-29(38)41-33-13-11-32(12-14-33)28(37)23(9-10-26(34)35)31-27(36)25-17-20(22-15-21(22)18-39-2)16-24(30-25)19-7-5-4-6-8-19/h4-8,16-17,21-23H,3,9-15,18H2,1-2H3,(H,31,36)(H,34,35)/t21?,22?,23-/m0/s1. The molecule has 0 bridgehead atoms. The lowest BCUT2D eigenvalue weighted by atomic mass is 10.0. The van der Waals surface area contributed by atoms with Gasteiger partial charge in [-0.25, -0.2) is 9.78 Å². The van der Waals surface area contributed by atoms with Crippen LogP contribution in [0.25, 0.3) is 11.3 Å². The highest BCUT2D eigenvalue weighted by molar-refractivity contribution is 5.97. The Labute approximate surface area is 238 Å². The Balaban J connectivity index is 1.50. The number of carbonyl (C=O) groups excluding carboxylic acids is 3. The second-order valence-corrected chi connectivity index (χ2v) is 10.1. The molecule has 1 aliphatic carbocycles. The Hall–Kier alpha value is -4.03. The fourth-order valence-electron chi connectivity index (χ4n) is 4.92. The molecule has 2 unspecified atom stereocenters. The van der Waals surface area contributed by atoms with Crippen LogP contribution in [0.4, 0.5) is 4.79 Å². The van der Waals surface area contributed by atoms with E-state index in [1.54, 1.807) is 20.1 Å². The third kappa shape index (κ3) is 8.24. The van der Waals surface area contributed by atoms with Gasteiger partial charge in [0, 0.05) is 38.8 Å². The lowest BCUT2D eigenvalue weighted by Crippen LogP contribution is -2.55. The summed E-state index contributed by atoms with van der Waals surface area (Å²) >= 11 is 0. The summed E-state index contributed by atoms with van der Waals surface area (Å²) in [4.78, 5) is 61.1. The van der Waals surface area contributed by atoms with Crippen LogP contribution in [0.2, 0.25) is 0 Å². The molecule has 2 aliphatic rings. The lowest BCUT2D eigenvalue weighted by molar-refractivity contribution is -0.157. The fraction of sp³-hybridized carbons (Fsp3) is 0.483. The molecule has 2 aromatic rings. The number of carboxylic acid groups (broad SMARTS) is 1. The van der Waals surface area contributed by atoms with Crippen molar-refractivity contribution in [2.45, 2.75) is 38.1 Å². The van der Waals surface area contributed by atoms with Gasteiger partial charge in [0.15, 0.2) is 0 Å². The molecule has 2 fully saturated rings. The minimum atomic E-state index is -1.07. The van der Waals surface area contributed by atoms with Gasteiger partial charge in [-0.3, -0.25) is 14.4 Å². The molecule has 0 radical (unpaired) electrons. The van der Waals surface area contributed by atoms with Crippen LogP contribution in [0.3, 0.4) is 0 Å². The van der Waals surface area contributed by atoms with Crippen LogP contribution in [0.5, 0.6) is 0 Å². The molecule has 1 aromatic heterocycles. The number of pyridine rings is 1. The SMILES string of the molecule is CCOC(=O)ON1CCN(C(=O)[C@H](CCC(=O)O)NC(=O)c2cc(C3CC3COC)cc(-c3ccccc3)n2)CC1. The molecular formula is C29H36N4O8. The van der Waals surface area contributed by atoms with Gasteiger partial charge in [0.2, 0.25) is 5.91 Å². The molecule has 4 rings (SSSR count). The van der Waals surface area contributed by atoms with E-state index < -0.39 is 30.0 Å². The average Bonchev–Trinajstić information content (AvgIpc) is 3.75. The van der Waals surface area contributed by atoms with E-state index in [9.17, 15) is 24.3 Å². The van der Waals surface area contributed by atoms with Crippen molar-refractivity contribution in [2.24, 2.45) is 5.92 Å². The van der Waals surface area contributed by atoms with Gasteiger partial charge in [-0.05, 0) is 49.3 Å². The topological polar surface area (TPSA) is 148 Å². The van der Waals surface area contributed by atoms with Gasteiger partial charge < -0.3 is 29.6 Å². The van der Waals surface area contributed by atoms with Gasteiger partial charge >= 0.3 is 12.1 Å². The molecule has 12 heteroatoms. The van der Waals surface area contributed by atoms with E-state index in [2.05, 4.69) is 10.3 Å². The highest BCUT2D eigenvalue weighted by Gasteiger charge is 2.39. The van der Waals surface area contributed by atoms with Crippen molar-refractivity contribution in [3.05, 3.63) is 53.7 Å². The quantitative estimate of drug-likeness (QED) is 0.366. The minimum Gasteiger partial charge on any atom is -0.481 e. The number of hydrogen-bond acceptors (Lipinski definition) is 9. The maximum absolute atomic E-state index is 13.5. The van der Waals surface area contributed by atoms with Crippen molar-refractivity contribution >= 4 is 23.9 Å². The van der Waals surface area contributed by atoms with Crippen molar-refractivity contribution in [1.29, 1.82) is 0 Å². The van der Waals surface area contributed by atoms with Gasteiger partial charge in [-0.2, -0.15) is 0 Å². The number of hydrogen-bond donors (Lipinski definition) is 2. The van der Waals surface area contributed by atoms with E-state index >= 15 is 0 Å². The monoisotopic (exact) mass is 568 g/mol. The van der Waals surface area contributed by atoms with Crippen molar-refractivity contribution in [3.8, 4) is 11.3 Å². The second kappa shape index (κ2) is 14.0. The van der Waals surface area contributed by atoms with E-state index in [1.165, 1.54) is 9.96 Å². The van der Waals surface area contributed by atoms with Gasteiger partial charge in [0.25, 0.3) is 5.91 Å². The summed E-state index contributed by atoms with van der Waals surface area (Å²) in [5.41, 5.74) is 2.62. The highest BCUT2D eigenvalue weighted by Crippen LogP contribution is 2.48. The number of piperazine rings is 1. The number of aliphatic carboxylic acids is 1. The van der Waals surface area contributed by atoms with E-state index in [1.807, 2.05) is 36.4 Å². The summed E-state index contributed by atoms with van der Waals surface area (Å²) in [7, 11) is 1.66. The molecule has 1 saturated carbocycles. The molecular weight excluding hydrogens is 532 g/mol. The Morgan fingerprint density at radius 2 is 1.83 bits per heavy atom. The van der Waals surface area contributed by atoms with Crippen molar-refractivity contribution in [3.63, 3.8) is 0 Å². The molecule has 3 atom stereocenters. The first-order chi connectivity index (χ1) is 19.8. The third-order valence-electron chi connectivity index (χ3n) is 7.15. The molecule has 0 spiro atoms. The van der Waals surface area contributed by atoms with Crippen LogP contribution in [-0.4, -0.2) is 96.5 Å². The average molecular weight is 569 g/mol. The summed E-state index contributed by atoms with van der Waals surface area (Å²) in [6, 6.07) is 12.2. The van der Waals surface area contributed by atoms with E-state index in [0.717, 1.165) is 17.5 Å².